The van der Waals surface area contributed by atoms with Gasteiger partial charge >= 0.3 is 0 Å². The maximum atomic E-state index is 11.9. The van der Waals surface area contributed by atoms with Gasteiger partial charge in [0.15, 0.2) is 0 Å². The molecule has 1 aromatic carbocycles. The fraction of sp³-hybridized carbons (Fsp3) is 0.200. The molecule has 0 saturated carbocycles. The number of aromatic nitrogens is 3. The number of nitrogens with zero attached hydrogens (tertiary/aromatic N) is 2. The highest BCUT2D eigenvalue weighted by Crippen LogP contribution is 2.20. The van der Waals surface area contributed by atoms with Crippen LogP contribution in [0.5, 0.6) is 0 Å². The Labute approximate surface area is 110 Å². The van der Waals surface area contributed by atoms with Gasteiger partial charge in [0.05, 0.1) is 5.56 Å². The number of nitrogens with one attached hydrogen (secondary N) is 2. The molecule has 0 unspecified atom stereocenters. The molecule has 4 N–H and O–H groups in total. The number of carbonyl (C=O) groups excluding carboxylic acids is 2. The third-order valence-corrected chi connectivity index (χ3v) is 2.75. The predicted molar refractivity (Wildman–Crippen MR) is 67.7 cm³/mol. The standard InChI is InChI=1S/C10H10BrN5O2/c11-5-3-6(9-7(4-5)14-16-15-9)10(18)13-2-1-8(12)17/h3-4H,1-2H2,(H2,12,17)(H,13,18)(H,14,15,16). The summed E-state index contributed by atoms with van der Waals surface area (Å²) in [6, 6.07) is 3.39. The maximum Gasteiger partial charge on any atom is 0.253 e. The van der Waals surface area contributed by atoms with Crippen molar-refractivity contribution >= 4 is 38.8 Å². The number of aromatic amines is 1. The van der Waals surface area contributed by atoms with Gasteiger partial charge in [0.2, 0.25) is 5.91 Å². The molecule has 0 radical (unpaired) electrons. The highest BCUT2D eigenvalue weighted by Gasteiger charge is 2.14. The van der Waals surface area contributed by atoms with E-state index >= 15 is 0 Å². The number of carbonyl (C=O) groups is 2. The van der Waals surface area contributed by atoms with Gasteiger partial charge in [0.1, 0.15) is 11.0 Å². The van der Waals surface area contributed by atoms with Gasteiger partial charge in [-0.25, -0.2) is 0 Å². The number of H-pyrrole nitrogens is 1. The molecular weight excluding hydrogens is 302 g/mol. The summed E-state index contributed by atoms with van der Waals surface area (Å²) < 4.78 is 0.726. The second-order valence-electron chi connectivity index (χ2n) is 3.62. The minimum atomic E-state index is -0.462. The molecule has 0 saturated heterocycles. The fourth-order valence-corrected chi connectivity index (χ4v) is 1.93. The van der Waals surface area contributed by atoms with E-state index in [1.165, 1.54) is 0 Å². The molecule has 2 rings (SSSR count). The topological polar surface area (TPSA) is 114 Å². The molecule has 0 spiro atoms. The van der Waals surface area contributed by atoms with Gasteiger partial charge in [0, 0.05) is 17.4 Å². The van der Waals surface area contributed by atoms with Crippen molar-refractivity contribution in [1.82, 2.24) is 20.7 Å². The zero-order valence-corrected chi connectivity index (χ0v) is 10.8. The van der Waals surface area contributed by atoms with E-state index in [1.807, 2.05) is 0 Å². The first-order valence-electron chi connectivity index (χ1n) is 5.14. The quantitative estimate of drug-likeness (QED) is 0.754. The number of amides is 2. The number of hydrogen-bond donors (Lipinski definition) is 3. The van der Waals surface area contributed by atoms with Crippen molar-refractivity contribution in [2.45, 2.75) is 6.42 Å². The molecule has 0 aliphatic heterocycles. The molecule has 1 heterocycles. The van der Waals surface area contributed by atoms with Crippen LogP contribution in [0.25, 0.3) is 11.0 Å². The molecule has 0 aliphatic carbocycles. The number of rotatable bonds is 4. The van der Waals surface area contributed by atoms with E-state index in [9.17, 15) is 9.59 Å². The number of benzene rings is 1. The van der Waals surface area contributed by atoms with Crippen molar-refractivity contribution in [2.24, 2.45) is 5.73 Å². The minimum Gasteiger partial charge on any atom is -0.370 e. The van der Waals surface area contributed by atoms with Crippen LogP contribution in [0.3, 0.4) is 0 Å². The van der Waals surface area contributed by atoms with Crippen molar-refractivity contribution in [3.63, 3.8) is 0 Å². The Hall–Kier alpha value is -1.96. The third-order valence-electron chi connectivity index (χ3n) is 2.29. The van der Waals surface area contributed by atoms with Crippen LogP contribution in [0.4, 0.5) is 0 Å². The molecule has 18 heavy (non-hydrogen) atoms. The van der Waals surface area contributed by atoms with E-state index in [-0.39, 0.29) is 18.9 Å². The van der Waals surface area contributed by atoms with Crippen molar-refractivity contribution in [1.29, 1.82) is 0 Å². The first kappa shape index (κ1) is 12.5. The van der Waals surface area contributed by atoms with Gasteiger partial charge in [-0.15, -0.1) is 0 Å². The third kappa shape index (κ3) is 2.65. The summed E-state index contributed by atoms with van der Waals surface area (Å²) in [4.78, 5) is 22.5. The average Bonchev–Trinajstić information content (AvgIpc) is 2.74. The van der Waals surface area contributed by atoms with Crippen LogP contribution in [-0.2, 0) is 4.79 Å². The van der Waals surface area contributed by atoms with Crippen LogP contribution in [0.2, 0.25) is 0 Å². The smallest absolute Gasteiger partial charge is 0.253 e. The Bertz CT molecular complexity index is 609. The van der Waals surface area contributed by atoms with Crippen LogP contribution in [0.1, 0.15) is 16.8 Å². The zero-order chi connectivity index (χ0) is 13.1. The van der Waals surface area contributed by atoms with E-state index in [0.29, 0.717) is 16.6 Å². The second kappa shape index (κ2) is 5.13. The molecule has 1 aromatic heterocycles. The van der Waals surface area contributed by atoms with Crippen LogP contribution in [-0.4, -0.2) is 33.8 Å². The summed E-state index contributed by atoms with van der Waals surface area (Å²) in [6.45, 7) is 0.194. The van der Waals surface area contributed by atoms with Crippen LogP contribution >= 0.6 is 15.9 Å². The lowest BCUT2D eigenvalue weighted by Gasteiger charge is -2.04. The van der Waals surface area contributed by atoms with E-state index < -0.39 is 5.91 Å². The van der Waals surface area contributed by atoms with Crippen LogP contribution < -0.4 is 11.1 Å². The highest BCUT2D eigenvalue weighted by molar-refractivity contribution is 9.10. The van der Waals surface area contributed by atoms with Crippen LogP contribution in [0.15, 0.2) is 16.6 Å². The van der Waals surface area contributed by atoms with Gasteiger partial charge in [-0.05, 0) is 12.1 Å². The molecule has 0 fully saturated rings. The van der Waals surface area contributed by atoms with Crippen molar-refractivity contribution < 1.29 is 9.59 Å². The van der Waals surface area contributed by atoms with Crippen LogP contribution in [0, 0.1) is 0 Å². The van der Waals surface area contributed by atoms with Crippen molar-refractivity contribution in [3.8, 4) is 0 Å². The summed E-state index contributed by atoms with van der Waals surface area (Å²) in [5.74, 6) is -0.785. The lowest BCUT2D eigenvalue weighted by molar-refractivity contribution is -0.117. The fourth-order valence-electron chi connectivity index (χ4n) is 1.48. The first-order chi connectivity index (χ1) is 8.58. The second-order valence-corrected chi connectivity index (χ2v) is 4.53. The predicted octanol–water partition coefficient (Wildman–Crippen LogP) is 0.326. The summed E-state index contributed by atoms with van der Waals surface area (Å²) in [5, 5.41) is 12.9. The Morgan fingerprint density at radius 3 is 2.89 bits per heavy atom. The molecule has 94 valence electrons. The lowest BCUT2D eigenvalue weighted by atomic mass is 10.1. The molecular formula is C10H10BrN5O2. The number of nitrogens with two attached hydrogens (primary N) is 1. The van der Waals surface area contributed by atoms with E-state index in [1.54, 1.807) is 12.1 Å². The molecule has 8 heteroatoms. The van der Waals surface area contributed by atoms with E-state index in [2.05, 4.69) is 36.7 Å². The zero-order valence-electron chi connectivity index (χ0n) is 9.24. The summed E-state index contributed by atoms with van der Waals surface area (Å²) in [7, 11) is 0. The van der Waals surface area contributed by atoms with E-state index in [0.717, 1.165) is 4.47 Å². The monoisotopic (exact) mass is 311 g/mol. The number of hydrogen-bond acceptors (Lipinski definition) is 4. The summed E-state index contributed by atoms with van der Waals surface area (Å²) >= 11 is 3.29. The first-order valence-corrected chi connectivity index (χ1v) is 5.94. The van der Waals surface area contributed by atoms with Gasteiger partial charge in [-0.1, -0.05) is 15.9 Å². The SMILES string of the molecule is NC(=O)CCNC(=O)c1cc(Br)cc2n[nH]nc12. The lowest BCUT2D eigenvalue weighted by Crippen LogP contribution is -2.28. The Balaban J connectivity index is 2.21. The minimum absolute atomic E-state index is 0.0989. The molecule has 7 nitrogen and oxygen atoms in total. The average molecular weight is 312 g/mol. The Morgan fingerprint density at radius 1 is 1.39 bits per heavy atom. The summed E-state index contributed by atoms with van der Waals surface area (Å²) in [5.41, 5.74) is 6.45. The largest absolute Gasteiger partial charge is 0.370 e. The summed E-state index contributed by atoms with van der Waals surface area (Å²) in [6.07, 6.45) is 0.0989. The van der Waals surface area contributed by atoms with Crippen molar-refractivity contribution in [3.05, 3.63) is 22.2 Å². The molecule has 2 amide bonds. The van der Waals surface area contributed by atoms with E-state index in [4.69, 9.17) is 5.73 Å². The normalized spacial score (nSPS) is 10.5. The number of primary amides is 1. The number of halogens is 1. The van der Waals surface area contributed by atoms with Crippen molar-refractivity contribution in [2.75, 3.05) is 6.54 Å². The molecule has 0 bridgehead atoms. The van der Waals surface area contributed by atoms with Gasteiger partial charge < -0.3 is 11.1 Å². The molecule has 2 aromatic rings. The maximum absolute atomic E-state index is 11.9. The number of fused-ring (bicyclic) bond motifs is 1. The Morgan fingerprint density at radius 2 is 2.17 bits per heavy atom. The Kier molecular flexibility index (Phi) is 3.56. The van der Waals surface area contributed by atoms with Gasteiger partial charge in [0.25, 0.3) is 5.91 Å². The highest BCUT2D eigenvalue weighted by atomic mass is 79.9. The van der Waals surface area contributed by atoms with Gasteiger partial charge in [-0.2, -0.15) is 15.4 Å². The molecule has 0 aliphatic rings. The molecule has 0 atom stereocenters. The van der Waals surface area contributed by atoms with Gasteiger partial charge in [-0.3, -0.25) is 9.59 Å².